The molecule has 2 N–H and O–H groups in total. The van der Waals surface area contributed by atoms with Crippen molar-refractivity contribution in [1.29, 1.82) is 0 Å². The van der Waals surface area contributed by atoms with Crippen LogP contribution in [0.2, 0.25) is 0 Å². The first-order valence-electron chi connectivity index (χ1n) is 4.72. The van der Waals surface area contributed by atoms with Crippen molar-refractivity contribution in [3.05, 3.63) is 35.4 Å². The third-order valence-corrected chi connectivity index (χ3v) is 2.11. The Morgan fingerprint density at radius 3 is 2.38 bits per heavy atom. The van der Waals surface area contributed by atoms with Crippen LogP contribution in [0, 0.1) is 0 Å². The summed E-state index contributed by atoms with van der Waals surface area (Å²) in [6.45, 7) is 2.16. The van der Waals surface area contributed by atoms with Crippen molar-refractivity contribution in [3.63, 3.8) is 0 Å². The zero-order valence-electron chi connectivity index (χ0n) is 8.25. The van der Waals surface area contributed by atoms with E-state index in [-0.39, 0.29) is 0 Å². The summed E-state index contributed by atoms with van der Waals surface area (Å²) in [6.07, 6.45) is 1.72. The van der Waals surface area contributed by atoms with Crippen LogP contribution in [0.1, 0.15) is 30.7 Å². The zero-order chi connectivity index (χ0) is 9.68. The number of aliphatic hydroxyl groups excluding tert-OH is 1. The van der Waals surface area contributed by atoms with Crippen molar-refractivity contribution in [2.45, 2.75) is 26.0 Å². The molecule has 2 heteroatoms. The number of hydrogen-bond acceptors (Lipinski definition) is 2. The molecule has 0 aromatic heterocycles. The summed E-state index contributed by atoms with van der Waals surface area (Å²) in [4.78, 5) is 0. The molecule has 0 heterocycles. The lowest BCUT2D eigenvalue weighted by Crippen LogP contribution is -2.14. The number of benzene rings is 1. The second-order valence-corrected chi connectivity index (χ2v) is 3.18. The van der Waals surface area contributed by atoms with Gasteiger partial charge in [-0.1, -0.05) is 37.6 Å². The second kappa shape index (κ2) is 5.00. The lowest BCUT2D eigenvalue weighted by Gasteiger charge is -2.09. The van der Waals surface area contributed by atoms with E-state index < -0.39 is 6.23 Å². The minimum Gasteiger partial charge on any atom is -0.374 e. The monoisotopic (exact) mass is 179 g/mol. The molecular formula is C11H17NO. The highest BCUT2D eigenvalue weighted by atomic mass is 16.3. The van der Waals surface area contributed by atoms with Gasteiger partial charge in [0.1, 0.15) is 6.23 Å². The van der Waals surface area contributed by atoms with Gasteiger partial charge in [0.05, 0.1) is 0 Å². The summed E-state index contributed by atoms with van der Waals surface area (Å²) in [5.41, 5.74) is 2.25. The van der Waals surface area contributed by atoms with E-state index in [1.165, 1.54) is 5.56 Å². The van der Waals surface area contributed by atoms with E-state index in [4.69, 9.17) is 0 Å². The zero-order valence-corrected chi connectivity index (χ0v) is 8.25. The van der Waals surface area contributed by atoms with E-state index in [0.717, 1.165) is 18.4 Å². The molecule has 0 spiro atoms. The third-order valence-electron chi connectivity index (χ3n) is 2.11. The Hall–Kier alpha value is -0.860. The summed E-state index contributed by atoms with van der Waals surface area (Å²) in [5, 5.41) is 12.2. The Morgan fingerprint density at radius 1 is 1.31 bits per heavy atom. The molecule has 0 aliphatic rings. The smallest absolute Gasteiger partial charge is 0.130 e. The maximum atomic E-state index is 9.44. The molecule has 0 fully saturated rings. The number of rotatable bonds is 4. The predicted octanol–water partition coefficient (Wildman–Crippen LogP) is 1.85. The minimum absolute atomic E-state index is 0.546. The number of hydrogen-bond donors (Lipinski definition) is 2. The van der Waals surface area contributed by atoms with Crippen molar-refractivity contribution in [1.82, 2.24) is 5.32 Å². The highest BCUT2D eigenvalue weighted by Gasteiger charge is 2.02. The fourth-order valence-electron chi connectivity index (χ4n) is 1.32. The molecule has 1 atom stereocenters. The van der Waals surface area contributed by atoms with Crippen molar-refractivity contribution in [3.8, 4) is 0 Å². The fraction of sp³-hybridized carbons (Fsp3) is 0.455. The molecule has 0 aliphatic carbocycles. The average molecular weight is 179 g/mol. The Bertz CT molecular complexity index is 243. The first-order valence-corrected chi connectivity index (χ1v) is 4.72. The lowest BCUT2D eigenvalue weighted by molar-refractivity contribution is 0.149. The standard InChI is InChI=1S/C11H17NO/c1-3-4-9-5-7-10(8-6-9)11(13)12-2/h5-8,11-13H,3-4H2,1-2H3. The molecule has 0 saturated heterocycles. The summed E-state index contributed by atoms with van der Waals surface area (Å²) in [7, 11) is 1.74. The third kappa shape index (κ3) is 2.83. The van der Waals surface area contributed by atoms with Gasteiger partial charge in [-0.3, -0.25) is 5.32 Å². The first kappa shape index (κ1) is 10.2. The van der Waals surface area contributed by atoms with Gasteiger partial charge in [-0.15, -0.1) is 0 Å². The Morgan fingerprint density at radius 2 is 1.92 bits per heavy atom. The fourth-order valence-corrected chi connectivity index (χ4v) is 1.32. The predicted molar refractivity (Wildman–Crippen MR) is 54.5 cm³/mol. The van der Waals surface area contributed by atoms with Gasteiger partial charge in [-0.2, -0.15) is 0 Å². The highest BCUT2D eigenvalue weighted by Crippen LogP contribution is 2.11. The summed E-state index contributed by atoms with van der Waals surface area (Å²) in [6, 6.07) is 8.07. The second-order valence-electron chi connectivity index (χ2n) is 3.18. The van der Waals surface area contributed by atoms with Crippen LogP contribution in [0.3, 0.4) is 0 Å². The molecule has 72 valence electrons. The van der Waals surface area contributed by atoms with E-state index in [0.29, 0.717) is 0 Å². The lowest BCUT2D eigenvalue weighted by atomic mass is 10.1. The van der Waals surface area contributed by atoms with Crippen LogP contribution in [-0.4, -0.2) is 12.2 Å². The number of aliphatic hydroxyl groups is 1. The molecule has 1 unspecified atom stereocenters. The van der Waals surface area contributed by atoms with Gasteiger partial charge >= 0.3 is 0 Å². The molecule has 1 rings (SSSR count). The van der Waals surface area contributed by atoms with Crippen molar-refractivity contribution in [2.75, 3.05) is 7.05 Å². The summed E-state index contributed by atoms with van der Waals surface area (Å²) in [5.74, 6) is 0. The molecular weight excluding hydrogens is 162 g/mol. The van der Waals surface area contributed by atoms with Gasteiger partial charge in [0.2, 0.25) is 0 Å². The molecule has 0 radical (unpaired) electrons. The van der Waals surface area contributed by atoms with Crippen molar-refractivity contribution < 1.29 is 5.11 Å². The minimum atomic E-state index is -0.546. The molecule has 0 amide bonds. The summed E-state index contributed by atoms with van der Waals surface area (Å²) >= 11 is 0. The van der Waals surface area contributed by atoms with E-state index in [1.54, 1.807) is 7.05 Å². The number of nitrogens with one attached hydrogen (secondary N) is 1. The van der Waals surface area contributed by atoms with Crippen LogP contribution >= 0.6 is 0 Å². The largest absolute Gasteiger partial charge is 0.374 e. The molecule has 1 aromatic rings. The van der Waals surface area contributed by atoms with Crippen LogP contribution in [-0.2, 0) is 6.42 Å². The van der Waals surface area contributed by atoms with Crippen LogP contribution in [0.25, 0.3) is 0 Å². The first-order chi connectivity index (χ1) is 6.27. The van der Waals surface area contributed by atoms with Gasteiger partial charge < -0.3 is 5.11 Å². The van der Waals surface area contributed by atoms with Gasteiger partial charge in [0.15, 0.2) is 0 Å². The molecule has 0 saturated carbocycles. The quantitative estimate of drug-likeness (QED) is 0.691. The van der Waals surface area contributed by atoms with E-state index in [9.17, 15) is 5.11 Å². The van der Waals surface area contributed by atoms with Crippen LogP contribution in [0.5, 0.6) is 0 Å². The molecule has 1 aromatic carbocycles. The topological polar surface area (TPSA) is 32.3 Å². The van der Waals surface area contributed by atoms with Crippen molar-refractivity contribution in [2.24, 2.45) is 0 Å². The maximum absolute atomic E-state index is 9.44. The Balaban J connectivity index is 2.69. The van der Waals surface area contributed by atoms with Gasteiger partial charge in [-0.05, 0) is 24.6 Å². The molecule has 0 bridgehead atoms. The SMILES string of the molecule is CCCc1ccc(C(O)NC)cc1. The van der Waals surface area contributed by atoms with Gasteiger partial charge in [-0.25, -0.2) is 0 Å². The maximum Gasteiger partial charge on any atom is 0.130 e. The molecule has 13 heavy (non-hydrogen) atoms. The highest BCUT2D eigenvalue weighted by molar-refractivity contribution is 5.23. The van der Waals surface area contributed by atoms with Crippen LogP contribution < -0.4 is 5.32 Å². The van der Waals surface area contributed by atoms with Crippen LogP contribution in [0.4, 0.5) is 0 Å². The van der Waals surface area contributed by atoms with Gasteiger partial charge in [0.25, 0.3) is 0 Å². The van der Waals surface area contributed by atoms with Gasteiger partial charge in [0, 0.05) is 0 Å². The molecule has 2 nitrogen and oxygen atoms in total. The van der Waals surface area contributed by atoms with Crippen molar-refractivity contribution >= 4 is 0 Å². The van der Waals surface area contributed by atoms with E-state index >= 15 is 0 Å². The normalized spacial score (nSPS) is 12.8. The molecule has 0 aliphatic heterocycles. The van der Waals surface area contributed by atoms with E-state index in [1.807, 2.05) is 12.1 Å². The van der Waals surface area contributed by atoms with E-state index in [2.05, 4.69) is 24.4 Å². The Labute approximate surface area is 79.6 Å². The van der Waals surface area contributed by atoms with Crippen LogP contribution in [0.15, 0.2) is 24.3 Å². The Kier molecular flexibility index (Phi) is 3.93. The average Bonchev–Trinajstić information content (AvgIpc) is 2.18. The number of aryl methyl sites for hydroxylation is 1. The summed E-state index contributed by atoms with van der Waals surface area (Å²) < 4.78 is 0.